The molecule has 1 aromatic carbocycles. The van der Waals surface area contributed by atoms with Crippen molar-refractivity contribution >= 4 is 23.2 Å². The molecule has 1 aromatic heterocycles. The van der Waals surface area contributed by atoms with E-state index in [0.717, 1.165) is 37.7 Å². The lowest BCUT2D eigenvalue weighted by Crippen LogP contribution is -2.33. The van der Waals surface area contributed by atoms with Crippen LogP contribution in [0, 0.1) is 5.92 Å². The maximum atomic E-state index is 12.3. The van der Waals surface area contributed by atoms with Crippen molar-refractivity contribution < 1.29 is 9.59 Å². The predicted octanol–water partition coefficient (Wildman–Crippen LogP) is 3.17. The molecule has 1 N–H and O–H groups in total. The molecule has 3 rings (SSSR count). The number of carbonyl (C=O) groups excluding carboxylic acids is 2. The van der Waals surface area contributed by atoms with Gasteiger partial charge in [0.25, 0.3) is 5.91 Å². The van der Waals surface area contributed by atoms with Crippen molar-refractivity contribution in [3.05, 3.63) is 47.9 Å². The van der Waals surface area contributed by atoms with Crippen LogP contribution >= 0.6 is 0 Å². The quantitative estimate of drug-likeness (QED) is 0.867. The lowest BCUT2D eigenvalue weighted by Gasteiger charge is -2.30. The van der Waals surface area contributed by atoms with Crippen LogP contribution in [0.1, 0.15) is 47.5 Å². The van der Waals surface area contributed by atoms with Gasteiger partial charge >= 0.3 is 0 Å². The number of benzene rings is 1. The molecule has 6 heteroatoms. The lowest BCUT2D eigenvalue weighted by atomic mass is 9.99. The van der Waals surface area contributed by atoms with Gasteiger partial charge in [0.05, 0.1) is 12.4 Å². The zero-order valence-electron chi connectivity index (χ0n) is 14.5. The highest BCUT2D eigenvalue weighted by molar-refractivity contribution is 6.03. The SMILES string of the molecule is CC(=O)c1ccc(NC(=O)c2cnc(N3CCC(C)CC3)cn2)cc1. The second-order valence-corrected chi connectivity index (χ2v) is 6.52. The fourth-order valence-electron chi connectivity index (χ4n) is 2.82. The summed E-state index contributed by atoms with van der Waals surface area (Å²) in [4.78, 5) is 34.4. The van der Waals surface area contributed by atoms with Gasteiger partial charge in [0, 0.05) is 24.3 Å². The average molecular weight is 338 g/mol. The van der Waals surface area contributed by atoms with Gasteiger partial charge < -0.3 is 10.2 Å². The largest absolute Gasteiger partial charge is 0.355 e. The highest BCUT2D eigenvalue weighted by Gasteiger charge is 2.18. The Labute approximate surface area is 147 Å². The van der Waals surface area contributed by atoms with E-state index >= 15 is 0 Å². The zero-order chi connectivity index (χ0) is 17.8. The fourth-order valence-corrected chi connectivity index (χ4v) is 2.82. The first-order valence-corrected chi connectivity index (χ1v) is 8.52. The van der Waals surface area contributed by atoms with E-state index in [2.05, 4.69) is 27.1 Å². The van der Waals surface area contributed by atoms with Gasteiger partial charge in [-0.2, -0.15) is 0 Å². The molecule has 0 bridgehead atoms. The lowest BCUT2D eigenvalue weighted by molar-refractivity contribution is 0.101. The summed E-state index contributed by atoms with van der Waals surface area (Å²) in [6.45, 7) is 5.72. The third kappa shape index (κ3) is 4.21. The average Bonchev–Trinajstić information content (AvgIpc) is 2.63. The van der Waals surface area contributed by atoms with Gasteiger partial charge in [-0.3, -0.25) is 9.59 Å². The van der Waals surface area contributed by atoms with E-state index in [9.17, 15) is 9.59 Å². The molecule has 0 radical (unpaired) electrons. The number of amides is 1. The molecule has 0 aliphatic carbocycles. The van der Waals surface area contributed by atoms with E-state index in [1.165, 1.54) is 13.1 Å². The number of nitrogens with one attached hydrogen (secondary N) is 1. The van der Waals surface area contributed by atoms with Crippen LogP contribution in [-0.2, 0) is 0 Å². The van der Waals surface area contributed by atoms with Crippen molar-refractivity contribution in [3.8, 4) is 0 Å². The summed E-state index contributed by atoms with van der Waals surface area (Å²) < 4.78 is 0. The minimum atomic E-state index is -0.318. The first-order valence-electron chi connectivity index (χ1n) is 8.52. The van der Waals surface area contributed by atoms with Gasteiger partial charge in [-0.1, -0.05) is 6.92 Å². The predicted molar refractivity (Wildman–Crippen MR) is 97.0 cm³/mol. The van der Waals surface area contributed by atoms with E-state index in [1.807, 2.05) is 0 Å². The van der Waals surface area contributed by atoms with Crippen LogP contribution in [0.4, 0.5) is 11.5 Å². The number of Topliss-reactive ketones (excluding diaryl/α,β-unsaturated/α-hetero) is 1. The number of carbonyl (C=O) groups is 2. The van der Waals surface area contributed by atoms with Gasteiger partial charge in [-0.05, 0) is 49.9 Å². The van der Waals surface area contributed by atoms with Crippen molar-refractivity contribution in [1.82, 2.24) is 9.97 Å². The van der Waals surface area contributed by atoms with E-state index in [-0.39, 0.29) is 17.4 Å². The minimum Gasteiger partial charge on any atom is -0.355 e. The highest BCUT2D eigenvalue weighted by atomic mass is 16.2. The highest BCUT2D eigenvalue weighted by Crippen LogP contribution is 2.20. The van der Waals surface area contributed by atoms with Gasteiger partial charge in [0.2, 0.25) is 0 Å². The molecule has 25 heavy (non-hydrogen) atoms. The van der Waals surface area contributed by atoms with Crippen LogP contribution in [-0.4, -0.2) is 34.7 Å². The molecule has 2 heterocycles. The van der Waals surface area contributed by atoms with Crippen LogP contribution in [0.3, 0.4) is 0 Å². The van der Waals surface area contributed by atoms with Crippen molar-refractivity contribution in [2.45, 2.75) is 26.7 Å². The van der Waals surface area contributed by atoms with Crippen LogP contribution in [0.2, 0.25) is 0 Å². The Morgan fingerprint density at radius 3 is 2.32 bits per heavy atom. The fraction of sp³-hybridized carbons (Fsp3) is 0.368. The smallest absolute Gasteiger partial charge is 0.275 e. The van der Waals surface area contributed by atoms with Gasteiger partial charge in [-0.25, -0.2) is 9.97 Å². The van der Waals surface area contributed by atoms with Gasteiger partial charge in [0.1, 0.15) is 11.5 Å². The maximum Gasteiger partial charge on any atom is 0.275 e. The Morgan fingerprint density at radius 2 is 1.76 bits per heavy atom. The molecule has 1 amide bonds. The van der Waals surface area contributed by atoms with E-state index < -0.39 is 0 Å². The molecule has 6 nitrogen and oxygen atoms in total. The van der Waals surface area contributed by atoms with Gasteiger partial charge in [0.15, 0.2) is 5.78 Å². The van der Waals surface area contributed by atoms with Crippen molar-refractivity contribution in [1.29, 1.82) is 0 Å². The molecule has 0 atom stereocenters. The summed E-state index contributed by atoms with van der Waals surface area (Å²) >= 11 is 0. The molecule has 0 unspecified atom stereocenters. The zero-order valence-corrected chi connectivity index (χ0v) is 14.5. The molecule has 130 valence electrons. The third-order valence-corrected chi connectivity index (χ3v) is 4.53. The Balaban J connectivity index is 1.63. The number of anilines is 2. The molecule has 2 aromatic rings. The molecule has 1 aliphatic heterocycles. The summed E-state index contributed by atoms with van der Waals surface area (Å²) in [5.41, 5.74) is 1.49. The molecule has 0 spiro atoms. The number of ketones is 1. The summed E-state index contributed by atoms with van der Waals surface area (Å²) in [6, 6.07) is 6.77. The number of hydrogen-bond acceptors (Lipinski definition) is 5. The second-order valence-electron chi connectivity index (χ2n) is 6.52. The summed E-state index contributed by atoms with van der Waals surface area (Å²) in [7, 11) is 0. The number of aromatic nitrogens is 2. The van der Waals surface area contributed by atoms with Gasteiger partial charge in [-0.15, -0.1) is 0 Å². The molecule has 0 saturated carbocycles. The number of hydrogen-bond donors (Lipinski definition) is 1. The van der Waals surface area contributed by atoms with E-state index in [1.54, 1.807) is 30.5 Å². The summed E-state index contributed by atoms with van der Waals surface area (Å²) in [5.74, 6) is 1.24. The first-order chi connectivity index (χ1) is 12.0. The van der Waals surface area contributed by atoms with Crippen LogP contribution in [0.5, 0.6) is 0 Å². The van der Waals surface area contributed by atoms with Crippen molar-refractivity contribution in [2.24, 2.45) is 5.92 Å². The first kappa shape index (κ1) is 17.1. The Kier molecular flexibility index (Phi) is 5.07. The minimum absolute atomic E-state index is 0.00793. The molecule has 1 fully saturated rings. The number of nitrogens with zero attached hydrogens (tertiary/aromatic N) is 3. The van der Waals surface area contributed by atoms with Crippen molar-refractivity contribution in [2.75, 3.05) is 23.3 Å². The van der Waals surface area contributed by atoms with E-state index in [4.69, 9.17) is 0 Å². The maximum absolute atomic E-state index is 12.3. The molecule has 1 saturated heterocycles. The van der Waals surface area contributed by atoms with Crippen molar-refractivity contribution in [3.63, 3.8) is 0 Å². The third-order valence-electron chi connectivity index (χ3n) is 4.53. The van der Waals surface area contributed by atoms with Crippen LogP contribution in [0.15, 0.2) is 36.7 Å². The molecular weight excluding hydrogens is 316 g/mol. The standard InChI is InChI=1S/C19H22N4O2/c1-13-7-9-23(10-8-13)18-12-20-17(11-21-18)19(25)22-16-5-3-15(4-6-16)14(2)24/h3-6,11-13H,7-10H2,1-2H3,(H,22,25). The summed E-state index contributed by atoms with van der Waals surface area (Å²) in [6.07, 6.45) is 5.47. The number of piperidine rings is 1. The second kappa shape index (κ2) is 7.42. The topological polar surface area (TPSA) is 75.2 Å². The normalized spacial score (nSPS) is 15.0. The van der Waals surface area contributed by atoms with Crippen LogP contribution < -0.4 is 10.2 Å². The monoisotopic (exact) mass is 338 g/mol. The Bertz CT molecular complexity index is 748. The molecular formula is C19H22N4O2. The Morgan fingerprint density at radius 1 is 1.08 bits per heavy atom. The van der Waals surface area contributed by atoms with Crippen LogP contribution in [0.25, 0.3) is 0 Å². The Hall–Kier alpha value is -2.76. The van der Waals surface area contributed by atoms with E-state index in [0.29, 0.717) is 11.3 Å². The summed E-state index contributed by atoms with van der Waals surface area (Å²) in [5, 5.41) is 2.76. The molecule has 1 aliphatic rings. The number of rotatable bonds is 4.